The van der Waals surface area contributed by atoms with E-state index >= 15 is 0 Å². The Morgan fingerprint density at radius 2 is 1.95 bits per heavy atom. The number of nitrogens with one attached hydrogen (secondary N) is 2. The summed E-state index contributed by atoms with van der Waals surface area (Å²) in [6.45, 7) is 8.90. The topological polar surface area (TPSA) is 54.0 Å². The van der Waals surface area contributed by atoms with Gasteiger partial charge in [-0.2, -0.15) is 0 Å². The smallest absolute Gasteiger partial charge is 0.234 e. The normalized spacial score (nSPS) is 11.6. The number of carbonyl (C=O) groups is 1. The molecule has 4 heteroatoms. The molecular weight excluding hydrogens is 262 g/mol. The van der Waals surface area contributed by atoms with E-state index in [1.807, 2.05) is 45.9 Å². The minimum atomic E-state index is -0.189. The summed E-state index contributed by atoms with van der Waals surface area (Å²) < 4.78 is 0. The van der Waals surface area contributed by atoms with E-state index in [-0.39, 0.29) is 11.4 Å². The molecule has 0 saturated carbocycles. The minimum Gasteiger partial charge on any atom is -0.350 e. The van der Waals surface area contributed by atoms with Gasteiger partial charge in [0.05, 0.1) is 12.1 Å². The Morgan fingerprint density at radius 3 is 2.67 bits per heavy atom. The monoisotopic (exact) mass is 285 g/mol. The predicted molar refractivity (Wildman–Crippen MR) is 86.1 cm³/mol. The lowest BCUT2D eigenvalue weighted by atomic mass is 10.1. The molecule has 1 heterocycles. The van der Waals surface area contributed by atoms with Crippen molar-refractivity contribution in [1.29, 1.82) is 0 Å². The Labute approximate surface area is 126 Å². The molecule has 2 aromatic rings. The number of nitrogens with zero attached hydrogens (tertiary/aromatic N) is 1. The maximum atomic E-state index is 11.7. The summed E-state index contributed by atoms with van der Waals surface area (Å²) in [5.41, 5.74) is 2.98. The van der Waals surface area contributed by atoms with Gasteiger partial charge in [-0.1, -0.05) is 12.1 Å². The first-order valence-corrected chi connectivity index (χ1v) is 7.21. The highest BCUT2D eigenvalue weighted by Crippen LogP contribution is 2.14. The summed E-state index contributed by atoms with van der Waals surface area (Å²) in [6, 6.07) is 10.3. The number of amides is 1. The van der Waals surface area contributed by atoms with Crippen molar-refractivity contribution in [3.05, 3.63) is 41.6 Å². The third-order valence-electron chi connectivity index (χ3n) is 3.02. The maximum absolute atomic E-state index is 11.7. The molecule has 112 valence electrons. The Balaban J connectivity index is 1.92. The van der Waals surface area contributed by atoms with Gasteiger partial charge in [-0.15, -0.1) is 0 Å². The fraction of sp³-hybridized carbons (Fsp3) is 0.412. The molecule has 0 bridgehead atoms. The minimum absolute atomic E-state index is 0.0144. The van der Waals surface area contributed by atoms with E-state index in [9.17, 15) is 4.79 Å². The van der Waals surface area contributed by atoms with Crippen LogP contribution in [0.25, 0.3) is 10.9 Å². The molecule has 21 heavy (non-hydrogen) atoms. The molecule has 2 rings (SSSR count). The SMILES string of the molecule is Cc1ccc2cc(CNCC(=O)NC(C)(C)C)ccc2n1. The van der Waals surface area contributed by atoms with Crippen molar-refractivity contribution in [1.82, 2.24) is 15.6 Å². The lowest BCUT2D eigenvalue weighted by Gasteiger charge is -2.20. The second-order valence-electron chi connectivity index (χ2n) is 6.38. The molecule has 1 aromatic heterocycles. The van der Waals surface area contributed by atoms with Crippen LogP contribution in [0.1, 0.15) is 32.0 Å². The fourth-order valence-corrected chi connectivity index (χ4v) is 2.17. The van der Waals surface area contributed by atoms with Crippen molar-refractivity contribution in [2.75, 3.05) is 6.54 Å². The third-order valence-corrected chi connectivity index (χ3v) is 3.02. The highest BCUT2D eigenvalue weighted by Gasteiger charge is 2.12. The second-order valence-corrected chi connectivity index (χ2v) is 6.38. The number of hydrogen-bond donors (Lipinski definition) is 2. The number of carbonyl (C=O) groups excluding carboxylic acids is 1. The first-order valence-electron chi connectivity index (χ1n) is 7.21. The van der Waals surface area contributed by atoms with Gasteiger partial charge in [0.15, 0.2) is 0 Å². The zero-order chi connectivity index (χ0) is 15.5. The quantitative estimate of drug-likeness (QED) is 0.907. The summed E-state index contributed by atoms with van der Waals surface area (Å²) in [5, 5.41) is 7.22. The van der Waals surface area contributed by atoms with Crippen molar-refractivity contribution >= 4 is 16.8 Å². The average Bonchev–Trinajstić information content (AvgIpc) is 2.36. The summed E-state index contributed by atoms with van der Waals surface area (Å²) in [7, 11) is 0. The fourth-order valence-electron chi connectivity index (χ4n) is 2.17. The summed E-state index contributed by atoms with van der Waals surface area (Å²) in [6.07, 6.45) is 0. The molecule has 0 aliphatic rings. The maximum Gasteiger partial charge on any atom is 0.234 e. The lowest BCUT2D eigenvalue weighted by Crippen LogP contribution is -2.44. The highest BCUT2D eigenvalue weighted by atomic mass is 16.2. The van der Waals surface area contributed by atoms with E-state index in [4.69, 9.17) is 0 Å². The molecule has 0 aliphatic carbocycles. The van der Waals surface area contributed by atoms with Crippen LogP contribution in [0.4, 0.5) is 0 Å². The Kier molecular flexibility index (Phi) is 4.58. The zero-order valence-electron chi connectivity index (χ0n) is 13.2. The highest BCUT2D eigenvalue weighted by molar-refractivity contribution is 5.80. The van der Waals surface area contributed by atoms with Gasteiger partial charge in [-0.3, -0.25) is 9.78 Å². The van der Waals surface area contributed by atoms with Crippen LogP contribution >= 0.6 is 0 Å². The molecule has 0 radical (unpaired) electrons. The van der Waals surface area contributed by atoms with E-state index in [1.54, 1.807) is 0 Å². The van der Waals surface area contributed by atoms with Crippen LogP contribution in [0, 0.1) is 6.92 Å². The van der Waals surface area contributed by atoms with Crippen LogP contribution < -0.4 is 10.6 Å². The molecule has 0 saturated heterocycles. The molecular formula is C17H23N3O. The third kappa shape index (κ3) is 4.83. The average molecular weight is 285 g/mol. The number of aromatic nitrogens is 1. The van der Waals surface area contributed by atoms with Crippen LogP contribution in [0.5, 0.6) is 0 Å². The van der Waals surface area contributed by atoms with E-state index < -0.39 is 0 Å². The van der Waals surface area contributed by atoms with Gasteiger partial charge in [-0.25, -0.2) is 0 Å². The Morgan fingerprint density at radius 1 is 1.19 bits per heavy atom. The van der Waals surface area contributed by atoms with Crippen LogP contribution in [-0.2, 0) is 11.3 Å². The molecule has 4 nitrogen and oxygen atoms in total. The molecule has 2 N–H and O–H groups in total. The van der Waals surface area contributed by atoms with Crippen LogP contribution in [-0.4, -0.2) is 23.0 Å². The van der Waals surface area contributed by atoms with Crippen molar-refractivity contribution < 1.29 is 4.79 Å². The van der Waals surface area contributed by atoms with Gasteiger partial charge < -0.3 is 10.6 Å². The number of aryl methyl sites for hydroxylation is 1. The van der Waals surface area contributed by atoms with Crippen molar-refractivity contribution in [2.45, 2.75) is 39.8 Å². The van der Waals surface area contributed by atoms with E-state index in [0.29, 0.717) is 13.1 Å². The first-order chi connectivity index (χ1) is 9.83. The molecule has 0 aliphatic heterocycles. The van der Waals surface area contributed by atoms with E-state index in [0.717, 1.165) is 22.2 Å². The molecule has 0 spiro atoms. The Bertz CT molecular complexity index is 644. The summed E-state index contributed by atoms with van der Waals surface area (Å²) in [5.74, 6) is 0.0144. The van der Waals surface area contributed by atoms with Crippen LogP contribution in [0.15, 0.2) is 30.3 Å². The van der Waals surface area contributed by atoms with Crippen molar-refractivity contribution in [3.8, 4) is 0 Å². The van der Waals surface area contributed by atoms with E-state index in [2.05, 4.69) is 27.8 Å². The number of fused-ring (bicyclic) bond motifs is 1. The number of benzene rings is 1. The molecule has 0 unspecified atom stereocenters. The largest absolute Gasteiger partial charge is 0.350 e. The second kappa shape index (κ2) is 6.22. The Hall–Kier alpha value is -1.94. The lowest BCUT2D eigenvalue weighted by molar-refractivity contribution is -0.121. The van der Waals surface area contributed by atoms with Crippen LogP contribution in [0.2, 0.25) is 0 Å². The predicted octanol–water partition coefficient (Wildman–Crippen LogP) is 2.55. The number of pyridine rings is 1. The van der Waals surface area contributed by atoms with Crippen molar-refractivity contribution in [3.63, 3.8) is 0 Å². The van der Waals surface area contributed by atoms with Gasteiger partial charge in [0.1, 0.15) is 0 Å². The van der Waals surface area contributed by atoms with Gasteiger partial charge in [-0.05, 0) is 51.5 Å². The summed E-state index contributed by atoms with van der Waals surface area (Å²) in [4.78, 5) is 16.2. The number of hydrogen-bond acceptors (Lipinski definition) is 3. The molecule has 0 fully saturated rings. The molecule has 1 aromatic carbocycles. The number of rotatable bonds is 4. The summed E-state index contributed by atoms with van der Waals surface area (Å²) >= 11 is 0. The molecule has 0 atom stereocenters. The van der Waals surface area contributed by atoms with Crippen LogP contribution in [0.3, 0.4) is 0 Å². The zero-order valence-corrected chi connectivity index (χ0v) is 13.2. The van der Waals surface area contributed by atoms with Gasteiger partial charge in [0, 0.05) is 23.2 Å². The first kappa shape index (κ1) is 15.4. The van der Waals surface area contributed by atoms with Gasteiger partial charge >= 0.3 is 0 Å². The standard InChI is InChI=1S/C17H23N3O/c1-12-5-7-14-9-13(6-8-15(14)19-12)10-18-11-16(21)20-17(2,3)4/h5-9,18H,10-11H2,1-4H3,(H,20,21). The van der Waals surface area contributed by atoms with Crippen molar-refractivity contribution in [2.24, 2.45) is 0 Å². The van der Waals surface area contributed by atoms with Gasteiger partial charge in [0.2, 0.25) is 5.91 Å². The van der Waals surface area contributed by atoms with E-state index in [1.165, 1.54) is 0 Å². The van der Waals surface area contributed by atoms with Gasteiger partial charge in [0.25, 0.3) is 0 Å². The molecule has 1 amide bonds.